The van der Waals surface area contributed by atoms with Crippen molar-refractivity contribution in [2.45, 2.75) is 74.6 Å². The molecule has 40 heavy (non-hydrogen) atoms. The van der Waals surface area contributed by atoms with E-state index in [-0.39, 0.29) is 29.5 Å². The van der Waals surface area contributed by atoms with Crippen LogP contribution in [0.4, 0.5) is 18.0 Å². The fraction of sp³-hybridized carbons (Fsp3) is 0.483. The molecule has 3 N–H and O–H groups in total. The monoisotopic (exact) mass is 577 g/mol. The van der Waals surface area contributed by atoms with E-state index in [4.69, 9.17) is 0 Å². The van der Waals surface area contributed by atoms with Crippen LogP contribution in [0.1, 0.15) is 66.9 Å². The number of amides is 3. The number of halogens is 3. The minimum Gasteiger partial charge on any atom is -0.465 e. The number of hydrogen-bond donors (Lipinski definition) is 3. The van der Waals surface area contributed by atoms with Gasteiger partial charge < -0.3 is 20.6 Å². The van der Waals surface area contributed by atoms with E-state index in [0.29, 0.717) is 43.9 Å². The second-order valence-corrected chi connectivity index (χ2v) is 11.8. The lowest BCUT2D eigenvalue weighted by Gasteiger charge is -2.41. The van der Waals surface area contributed by atoms with Gasteiger partial charge in [0, 0.05) is 34.8 Å². The molecule has 1 heterocycles. The summed E-state index contributed by atoms with van der Waals surface area (Å²) >= 11 is 1.67. The number of thioether (sulfide) groups is 1. The normalized spacial score (nSPS) is 23.4. The van der Waals surface area contributed by atoms with Gasteiger partial charge in [0.25, 0.3) is 5.91 Å². The summed E-state index contributed by atoms with van der Waals surface area (Å²) in [6.45, 7) is 4.68. The molecule has 0 bridgehead atoms. The smallest absolute Gasteiger partial charge is 0.416 e. The summed E-state index contributed by atoms with van der Waals surface area (Å²) in [4.78, 5) is 40.3. The van der Waals surface area contributed by atoms with Gasteiger partial charge in [-0.05, 0) is 73.4 Å². The number of benzene rings is 2. The van der Waals surface area contributed by atoms with Crippen LogP contribution in [0.2, 0.25) is 0 Å². The van der Waals surface area contributed by atoms with Gasteiger partial charge in [0.2, 0.25) is 5.91 Å². The molecule has 4 atom stereocenters. The van der Waals surface area contributed by atoms with Gasteiger partial charge in [-0.25, -0.2) is 4.79 Å². The molecule has 1 aliphatic carbocycles. The molecule has 2 aliphatic rings. The quantitative estimate of drug-likeness (QED) is 0.347. The summed E-state index contributed by atoms with van der Waals surface area (Å²) in [5.74, 6) is 0.146. The number of carboxylic acid groups (broad SMARTS) is 1. The molecule has 11 heteroatoms. The second-order valence-electron chi connectivity index (χ2n) is 10.7. The van der Waals surface area contributed by atoms with Crippen LogP contribution >= 0.6 is 11.8 Å². The van der Waals surface area contributed by atoms with Crippen molar-refractivity contribution in [3.63, 3.8) is 0 Å². The van der Waals surface area contributed by atoms with Crippen molar-refractivity contribution >= 4 is 29.7 Å². The molecule has 0 radical (unpaired) electrons. The van der Waals surface area contributed by atoms with E-state index in [1.165, 1.54) is 17.7 Å². The van der Waals surface area contributed by atoms with Crippen LogP contribution in [-0.4, -0.2) is 58.3 Å². The molecule has 0 aromatic heterocycles. The maximum absolute atomic E-state index is 13.4. The highest BCUT2D eigenvalue weighted by Gasteiger charge is 2.42. The number of rotatable bonds is 8. The third-order valence-corrected chi connectivity index (χ3v) is 8.88. The standard InChI is InChI=1S/C29H34F3N3O4S/c1-17(2)18-6-9-23(10-7-18)40-16-20-15-22(33-28(38)39)8-11-25(20)35-13-12-24(27(35)37)34-26(36)19-4-3-5-21(14-19)29(30,31)32/h3-7,9-10,14,17,20,22,24-25,33H,8,11-13,15-16H2,1-2H3,(H,34,36)(H,38,39)/t20-,22?,24?,25-/m0/s1. The van der Waals surface area contributed by atoms with Gasteiger partial charge in [0.1, 0.15) is 6.04 Å². The van der Waals surface area contributed by atoms with Crippen molar-refractivity contribution in [2.24, 2.45) is 5.92 Å². The van der Waals surface area contributed by atoms with Crippen LogP contribution in [0.25, 0.3) is 0 Å². The Balaban J connectivity index is 1.43. The van der Waals surface area contributed by atoms with Crippen molar-refractivity contribution in [3.05, 3.63) is 65.2 Å². The van der Waals surface area contributed by atoms with E-state index in [9.17, 15) is 32.7 Å². The molecule has 2 aromatic rings. The van der Waals surface area contributed by atoms with Gasteiger partial charge in [-0.1, -0.05) is 32.0 Å². The summed E-state index contributed by atoms with van der Waals surface area (Å²) in [5.41, 5.74) is 0.163. The number of hydrogen-bond acceptors (Lipinski definition) is 4. The van der Waals surface area contributed by atoms with Crippen LogP contribution in [-0.2, 0) is 11.0 Å². The van der Waals surface area contributed by atoms with Crippen LogP contribution in [0.5, 0.6) is 0 Å². The lowest BCUT2D eigenvalue weighted by Crippen LogP contribution is -2.52. The lowest BCUT2D eigenvalue weighted by atomic mass is 9.81. The van der Waals surface area contributed by atoms with E-state index in [1.54, 1.807) is 16.7 Å². The van der Waals surface area contributed by atoms with Gasteiger partial charge in [0.05, 0.1) is 5.56 Å². The topological polar surface area (TPSA) is 98.7 Å². The zero-order valence-electron chi connectivity index (χ0n) is 22.4. The minimum absolute atomic E-state index is 0.0160. The number of nitrogens with zero attached hydrogens (tertiary/aromatic N) is 1. The average Bonchev–Trinajstić information content (AvgIpc) is 3.26. The van der Waals surface area contributed by atoms with E-state index in [1.807, 2.05) is 0 Å². The zero-order chi connectivity index (χ0) is 29.0. The first kappa shape index (κ1) is 29.8. The Labute approximate surface area is 235 Å². The highest BCUT2D eigenvalue weighted by molar-refractivity contribution is 7.99. The highest BCUT2D eigenvalue weighted by Crippen LogP contribution is 2.36. The third-order valence-electron chi connectivity index (χ3n) is 7.68. The van der Waals surface area contributed by atoms with Gasteiger partial charge >= 0.3 is 12.3 Å². The Kier molecular flexibility index (Phi) is 9.33. The van der Waals surface area contributed by atoms with E-state index >= 15 is 0 Å². The largest absolute Gasteiger partial charge is 0.465 e. The molecule has 0 spiro atoms. The summed E-state index contributed by atoms with van der Waals surface area (Å²) in [6, 6.07) is 11.3. The van der Waals surface area contributed by atoms with Gasteiger partial charge in [0.15, 0.2) is 0 Å². The van der Waals surface area contributed by atoms with Crippen LogP contribution in [0, 0.1) is 5.92 Å². The Bertz CT molecular complexity index is 1220. The second kappa shape index (κ2) is 12.5. The van der Waals surface area contributed by atoms with Crippen molar-refractivity contribution in [3.8, 4) is 0 Å². The highest BCUT2D eigenvalue weighted by atomic mass is 32.2. The molecule has 216 valence electrons. The van der Waals surface area contributed by atoms with Crippen molar-refractivity contribution in [1.82, 2.24) is 15.5 Å². The molecule has 2 unspecified atom stereocenters. The van der Waals surface area contributed by atoms with E-state index in [0.717, 1.165) is 17.0 Å². The molecule has 4 rings (SSSR count). The summed E-state index contributed by atoms with van der Waals surface area (Å²) in [5, 5.41) is 14.4. The number of carbonyl (C=O) groups excluding carboxylic acids is 2. The van der Waals surface area contributed by atoms with Crippen LogP contribution in [0.15, 0.2) is 53.4 Å². The molecule has 1 aliphatic heterocycles. The third kappa shape index (κ3) is 7.30. The maximum Gasteiger partial charge on any atom is 0.416 e. The molecule has 2 aromatic carbocycles. The summed E-state index contributed by atoms with van der Waals surface area (Å²) < 4.78 is 39.2. The van der Waals surface area contributed by atoms with Crippen molar-refractivity contribution < 1.29 is 32.7 Å². The van der Waals surface area contributed by atoms with Crippen molar-refractivity contribution in [2.75, 3.05) is 12.3 Å². The maximum atomic E-state index is 13.4. The molecule has 3 amide bonds. The molecular weight excluding hydrogens is 543 g/mol. The first-order valence-electron chi connectivity index (χ1n) is 13.4. The first-order valence-corrected chi connectivity index (χ1v) is 14.4. The van der Waals surface area contributed by atoms with Crippen LogP contribution < -0.4 is 10.6 Å². The molecule has 2 fully saturated rings. The molecule has 7 nitrogen and oxygen atoms in total. The molecular formula is C29H34F3N3O4S. The number of nitrogens with one attached hydrogen (secondary N) is 2. The van der Waals surface area contributed by atoms with E-state index in [2.05, 4.69) is 48.7 Å². The first-order chi connectivity index (χ1) is 18.9. The number of alkyl halides is 3. The predicted octanol–water partition coefficient (Wildman–Crippen LogP) is 5.76. The summed E-state index contributed by atoms with van der Waals surface area (Å²) in [6.07, 6.45) is -3.51. The molecule has 1 saturated carbocycles. The Morgan fingerprint density at radius 3 is 2.45 bits per heavy atom. The zero-order valence-corrected chi connectivity index (χ0v) is 23.2. The van der Waals surface area contributed by atoms with Gasteiger partial charge in [-0.2, -0.15) is 13.2 Å². The Morgan fingerprint density at radius 2 is 1.80 bits per heavy atom. The van der Waals surface area contributed by atoms with Crippen LogP contribution in [0.3, 0.4) is 0 Å². The Hall–Kier alpha value is -3.21. The average molecular weight is 578 g/mol. The van der Waals surface area contributed by atoms with Crippen molar-refractivity contribution in [1.29, 1.82) is 0 Å². The Morgan fingerprint density at radius 1 is 1.07 bits per heavy atom. The van der Waals surface area contributed by atoms with Gasteiger partial charge in [-0.3, -0.25) is 9.59 Å². The SMILES string of the molecule is CC(C)c1ccc(SC[C@@H]2CC(NC(=O)O)CC[C@@H]2N2CCC(NC(=O)c3cccc(C(F)(F)F)c3)C2=O)cc1. The number of carbonyl (C=O) groups is 3. The summed E-state index contributed by atoms with van der Waals surface area (Å²) in [7, 11) is 0. The number of likely N-dealkylation sites (tertiary alicyclic amines) is 1. The fourth-order valence-corrected chi connectivity index (χ4v) is 6.63. The van der Waals surface area contributed by atoms with Gasteiger partial charge in [-0.15, -0.1) is 11.8 Å². The molecule has 1 saturated heterocycles. The predicted molar refractivity (Wildman–Crippen MR) is 146 cm³/mol. The fourth-order valence-electron chi connectivity index (χ4n) is 5.54. The minimum atomic E-state index is -4.58. The van der Waals surface area contributed by atoms with E-state index < -0.39 is 29.8 Å². The lowest BCUT2D eigenvalue weighted by molar-refractivity contribution is -0.137.